The van der Waals surface area contributed by atoms with Crippen molar-refractivity contribution in [3.05, 3.63) is 70.7 Å². The number of aryl methyl sites for hydroxylation is 1. The Kier molecular flexibility index (Phi) is 6.33. The van der Waals surface area contributed by atoms with Gasteiger partial charge in [0.1, 0.15) is 15.6 Å². The van der Waals surface area contributed by atoms with Crippen LogP contribution < -0.4 is 10.2 Å². The molecule has 1 aromatic heterocycles. The lowest BCUT2D eigenvalue weighted by atomic mass is 10.2. The largest absolute Gasteiger partial charge is 0.494 e. The van der Waals surface area contributed by atoms with E-state index in [9.17, 15) is 4.79 Å². The van der Waals surface area contributed by atoms with Crippen LogP contribution >= 0.6 is 11.3 Å². The van der Waals surface area contributed by atoms with E-state index >= 15 is 0 Å². The summed E-state index contributed by atoms with van der Waals surface area (Å²) in [5.41, 5.74) is 5.15. The van der Waals surface area contributed by atoms with E-state index in [4.69, 9.17) is 4.74 Å². The van der Waals surface area contributed by atoms with Crippen molar-refractivity contribution in [1.29, 1.82) is 0 Å². The van der Waals surface area contributed by atoms with Gasteiger partial charge in [0.2, 0.25) is 0 Å². The molecule has 1 heterocycles. The molecule has 6 heteroatoms. The maximum absolute atomic E-state index is 12.4. The van der Waals surface area contributed by atoms with Crippen LogP contribution in [0, 0.1) is 6.92 Å². The van der Waals surface area contributed by atoms with E-state index in [1.54, 1.807) is 6.21 Å². The monoisotopic (exact) mass is 379 g/mol. The summed E-state index contributed by atoms with van der Waals surface area (Å²) in [6.07, 6.45) is 2.58. The van der Waals surface area contributed by atoms with Gasteiger partial charge in [-0.25, -0.2) is 10.4 Å². The summed E-state index contributed by atoms with van der Waals surface area (Å²) in [6, 6.07) is 17.4. The highest BCUT2D eigenvalue weighted by Gasteiger charge is 2.15. The van der Waals surface area contributed by atoms with E-state index in [1.807, 2.05) is 61.5 Å². The SMILES string of the molecule is CCCOc1ccc(/C=N/NC(=O)c2sc(-c3ccccc3)nc2C)cc1. The highest BCUT2D eigenvalue weighted by molar-refractivity contribution is 7.17. The topological polar surface area (TPSA) is 63.6 Å². The molecule has 0 unspecified atom stereocenters. The lowest BCUT2D eigenvalue weighted by molar-refractivity contribution is 0.0958. The molecule has 0 saturated heterocycles. The number of thiazole rings is 1. The van der Waals surface area contributed by atoms with Crippen LogP contribution in [0.1, 0.15) is 34.3 Å². The zero-order chi connectivity index (χ0) is 19.1. The van der Waals surface area contributed by atoms with Gasteiger partial charge in [0, 0.05) is 5.56 Å². The Hall–Kier alpha value is -2.99. The van der Waals surface area contributed by atoms with Crippen LogP contribution in [0.15, 0.2) is 59.7 Å². The smallest absolute Gasteiger partial charge is 0.283 e. The van der Waals surface area contributed by atoms with Gasteiger partial charge in [-0.15, -0.1) is 11.3 Å². The van der Waals surface area contributed by atoms with E-state index in [0.717, 1.165) is 28.3 Å². The summed E-state index contributed by atoms with van der Waals surface area (Å²) in [4.78, 5) is 17.5. The minimum Gasteiger partial charge on any atom is -0.494 e. The zero-order valence-corrected chi connectivity index (χ0v) is 16.1. The van der Waals surface area contributed by atoms with Gasteiger partial charge in [0.05, 0.1) is 18.5 Å². The first-order chi connectivity index (χ1) is 13.2. The maximum Gasteiger partial charge on any atom is 0.283 e. The number of hydrazone groups is 1. The second-order valence-corrected chi connectivity index (χ2v) is 6.92. The molecular weight excluding hydrogens is 358 g/mol. The van der Waals surface area contributed by atoms with Crippen molar-refractivity contribution in [3.8, 4) is 16.3 Å². The van der Waals surface area contributed by atoms with Crippen LogP contribution in [0.25, 0.3) is 10.6 Å². The van der Waals surface area contributed by atoms with E-state index in [0.29, 0.717) is 17.2 Å². The molecule has 0 spiro atoms. The summed E-state index contributed by atoms with van der Waals surface area (Å²) in [6.45, 7) is 4.59. The van der Waals surface area contributed by atoms with E-state index < -0.39 is 0 Å². The van der Waals surface area contributed by atoms with Crippen molar-refractivity contribution in [2.45, 2.75) is 20.3 Å². The molecule has 0 aliphatic carbocycles. The minimum absolute atomic E-state index is 0.258. The summed E-state index contributed by atoms with van der Waals surface area (Å²) in [7, 11) is 0. The van der Waals surface area contributed by atoms with Gasteiger partial charge in [-0.2, -0.15) is 5.10 Å². The van der Waals surface area contributed by atoms with Gasteiger partial charge in [-0.3, -0.25) is 4.79 Å². The van der Waals surface area contributed by atoms with Crippen LogP contribution in [-0.2, 0) is 0 Å². The van der Waals surface area contributed by atoms with Crippen LogP contribution in [0.4, 0.5) is 0 Å². The average molecular weight is 379 g/mol. The molecule has 5 nitrogen and oxygen atoms in total. The number of amides is 1. The average Bonchev–Trinajstić information content (AvgIpc) is 3.10. The number of nitrogens with zero attached hydrogens (tertiary/aromatic N) is 2. The molecule has 0 aliphatic rings. The molecule has 2 aromatic carbocycles. The predicted molar refractivity (Wildman–Crippen MR) is 110 cm³/mol. The Balaban J connectivity index is 1.62. The van der Waals surface area contributed by atoms with Crippen LogP contribution in [0.3, 0.4) is 0 Å². The Morgan fingerprint density at radius 2 is 1.93 bits per heavy atom. The number of carbonyl (C=O) groups excluding carboxylic acids is 1. The van der Waals surface area contributed by atoms with Crippen molar-refractivity contribution >= 4 is 23.5 Å². The number of hydrogen-bond acceptors (Lipinski definition) is 5. The third-order valence-electron chi connectivity index (χ3n) is 3.76. The van der Waals surface area contributed by atoms with Gasteiger partial charge in [0.25, 0.3) is 5.91 Å². The van der Waals surface area contributed by atoms with Gasteiger partial charge < -0.3 is 4.74 Å². The number of aromatic nitrogens is 1. The highest BCUT2D eigenvalue weighted by Crippen LogP contribution is 2.27. The fourth-order valence-electron chi connectivity index (χ4n) is 2.40. The highest BCUT2D eigenvalue weighted by atomic mass is 32.1. The number of carbonyl (C=O) groups is 1. The third-order valence-corrected chi connectivity index (χ3v) is 4.96. The molecule has 0 radical (unpaired) electrons. The molecule has 0 aliphatic heterocycles. The normalized spacial score (nSPS) is 10.9. The molecular formula is C21H21N3O2S. The number of ether oxygens (including phenoxy) is 1. The predicted octanol–water partition coefficient (Wildman–Crippen LogP) is 4.67. The molecule has 0 bridgehead atoms. The Morgan fingerprint density at radius 3 is 2.63 bits per heavy atom. The molecule has 1 N–H and O–H groups in total. The second-order valence-electron chi connectivity index (χ2n) is 5.92. The van der Waals surface area contributed by atoms with Gasteiger partial charge in [0.15, 0.2) is 0 Å². The number of rotatable bonds is 7. The molecule has 27 heavy (non-hydrogen) atoms. The number of benzene rings is 2. The first kappa shape index (κ1) is 18.8. The summed E-state index contributed by atoms with van der Waals surface area (Å²) < 4.78 is 5.54. The Morgan fingerprint density at radius 1 is 1.19 bits per heavy atom. The summed E-state index contributed by atoms with van der Waals surface area (Å²) in [5, 5.41) is 4.87. The van der Waals surface area contributed by atoms with Crippen LogP contribution in [0.2, 0.25) is 0 Å². The number of hydrogen-bond donors (Lipinski definition) is 1. The maximum atomic E-state index is 12.4. The summed E-state index contributed by atoms with van der Waals surface area (Å²) >= 11 is 1.36. The standard InChI is InChI=1S/C21H21N3O2S/c1-3-13-26-18-11-9-16(10-12-18)14-22-24-20(25)19-15(2)23-21(27-19)17-7-5-4-6-8-17/h4-12,14H,3,13H2,1-2H3,(H,24,25)/b22-14+. The van der Waals surface area contributed by atoms with Crippen LogP contribution in [0.5, 0.6) is 5.75 Å². The molecule has 1 amide bonds. The lowest BCUT2D eigenvalue weighted by Crippen LogP contribution is -2.17. The van der Waals surface area contributed by atoms with Crippen molar-refractivity contribution in [1.82, 2.24) is 10.4 Å². The molecule has 0 fully saturated rings. The fraction of sp³-hybridized carbons (Fsp3) is 0.190. The van der Waals surface area contributed by atoms with Crippen LogP contribution in [-0.4, -0.2) is 23.7 Å². The van der Waals surface area contributed by atoms with Gasteiger partial charge in [-0.05, 0) is 43.2 Å². The van der Waals surface area contributed by atoms with E-state index in [-0.39, 0.29) is 5.91 Å². The quantitative estimate of drug-likeness (QED) is 0.479. The molecule has 3 aromatic rings. The molecule has 0 saturated carbocycles. The van der Waals surface area contributed by atoms with E-state index in [1.165, 1.54) is 11.3 Å². The molecule has 138 valence electrons. The van der Waals surface area contributed by atoms with Crippen molar-refractivity contribution in [3.63, 3.8) is 0 Å². The zero-order valence-electron chi connectivity index (χ0n) is 15.3. The molecule has 0 atom stereocenters. The van der Waals surface area contributed by atoms with Crippen molar-refractivity contribution in [2.24, 2.45) is 5.10 Å². The lowest BCUT2D eigenvalue weighted by Gasteiger charge is -2.03. The molecule has 3 rings (SSSR count). The first-order valence-corrected chi connectivity index (χ1v) is 9.58. The Bertz CT molecular complexity index is 918. The van der Waals surface area contributed by atoms with Crippen molar-refractivity contribution < 1.29 is 9.53 Å². The van der Waals surface area contributed by atoms with Crippen molar-refractivity contribution in [2.75, 3.05) is 6.61 Å². The second kappa shape index (κ2) is 9.09. The Labute approximate surface area is 162 Å². The van der Waals surface area contributed by atoms with E-state index in [2.05, 4.69) is 22.4 Å². The third kappa shape index (κ3) is 5.01. The van der Waals surface area contributed by atoms with Gasteiger partial charge in [-0.1, -0.05) is 37.3 Å². The van der Waals surface area contributed by atoms with Gasteiger partial charge >= 0.3 is 0 Å². The first-order valence-electron chi connectivity index (χ1n) is 8.76. The number of nitrogens with one attached hydrogen (secondary N) is 1. The minimum atomic E-state index is -0.258. The summed E-state index contributed by atoms with van der Waals surface area (Å²) in [5.74, 6) is 0.568. The fourth-order valence-corrected chi connectivity index (χ4v) is 3.36.